The largest absolute Gasteiger partial charge is 0.355 e. The minimum Gasteiger partial charge on any atom is -0.355 e. The zero-order chi connectivity index (χ0) is 26.6. The van der Waals surface area contributed by atoms with Crippen molar-refractivity contribution in [2.24, 2.45) is 0 Å². The molecule has 7 heteroatoms. The van der Waals surface area contributed by atoms with Crippen LogP contribution in [0, 0.1) is 0 Å². The third-order valence-electron chi connectivity index (χ3n) is 6.86. The minimum atomic E-state index is -0.794. The first-order valence-corrected chi connectivity index (χ1v) is 13.0. The summed E-state index contributed by atoms with van der Waals surface area (Å²) in [6.45, 7) is 2.22. The maximum absolute atomic E-state index is 14.1. The van der Waals surface area contributed by atoms with Crippen LogP contribution in [0.3, 0.4) is 0 Å². The second-order valence-electron chi connectivity index (χ2n) is 9.29. The van der Waals surface area contributed by atoms with Gasteiger partial charge in [-0.3, -0.25) is 19.3 Å². The third-order valence-corrected chi connectivity index (χ3v) is 7.23. The number of likely N-dealkylation sites (N-methyl/N-ethyl adjacent to an activating group) is 1. The SMILES string of the molecule is CCNC(=O)[C@H](Cc1ccccc1)N(Cc1ccccc1Cl)C(=O)CN1C(=O)c2cccc3cccc1c23. The summed E-state index contributed by atoms with van der Waals surface area (Å²) in [7, 11) is 0. The lowest BCUT2D eigenvalue weighted by molar-refractivity contribution is -0.140. The van der Waals surface area contributed by atoms with Crippen LogP contribution < -0.4 is 10.2 Å². The number of rotatable bonds is 9. The summed E-state index contributed by atoms with van der Waals surface area (Å²) in [5, 5.41) is 5.18. The van der Waals surface area contributed by atoms with Gasteiger partial charge in [0.25, 0.3) is 5.91 Å². The lowest BCUT2D eigenvalue weighted by atomic mass is 10.0. The van der Waals surface area contributed by atoms with Crippen molar-refractivity contribution in [1.82, 2.24) is 10.2 Å². The van der Waals surface area contributed by atoms with Crippen LogP contribution in [0.4, 0.5) is 5.69 Å². The first-order valence-electron chi connectivity index (χ1n) is 12.7. The van der Waals surface area contributed by atoms with E-state index < -0.39 is 6.04 Å². The van der Waals surface area contributed by atoms with Gasteiger partial charge in [-0.1, -0.05) is 84.4 Å². The highest BCUT2D eigenvalue weighted by Crippen LogP contribution is 2.37. The van der Waals surface area contributed by atoms with Crippen LogP contribution in [0.15, 0.2) is 91.0 Å². The quantitative estimate of drug-likeness (QED) is 0.325. The molecular formula is C31H28ClN3O3. The van der Waals surface area contributed by atoms with E-state index in [1.807, 2.05) is 85.8 Å². The zero-order valence-electron chi connectivity index (χ0n) is 21.1. The zero-order valence-corrected chi connectivity index (χ0v) is 21.8. The van der Waals surface area contributed by atoms with E-state index in [4.69, 9.17) is 11.6 Å². The molecule has 1 aliphatic rings. The van der Waals surface area contributed by atoms with Gasteiger partial charge in [-0.05, 0) is 41.6 Å². The second kappa shape index (κ2) is 11.1. The van der Waals surface area contributed by atoms with Gasteiger partial charge in [0.05, 0.1) is 5.69 Å². The third kappa shape index (κ3) is 5.00. The maximum atomic E-state index is 14.1. The molecule has 0 fully saturated rings. The topological polar surface area (TPSA) is 69.7 Å². The molecule has 1 heterocycles. The van der Waals surface area contributed by atoms with Crippen LogP contribution in [-0.2, 0) is 22.6 Å². The molecule has 0 saturated heterocycles. The van der Waals surface area contributed by atoms with Gasteiger partial charge in [-0.2, -0.15) is 0 Å². The van der Waals surface area contributed by atoms with Crippen LogP contribution in [0.5, 0.6) is 0 Å². The summed E-state index contributed by atoms with van der Waals surface area (Å²) in [4.78, 5) is 43.9. The Morgan fingerprint density at radius 3 is 2.37 bits per heavy atom. The Bertz CT molecular complexity index is 1500. The molecule has 192 valence electrons. The van der Waals surface area contributed by atoms with E-state index in [1.54, 1.807) is 17.0 Å². The van der Waals surface area contributed by atoms with Gasteiger partial charge in [0.2, 0.25) is 11.8 Å². The Hall–Kier alpha value is -4.16. The number of carbonyl (C=O) groups excluding carboxylic acids is 3. The number of amides is 3. The summed E-state index contributed by atoms with van der Waals surface area (Å²) >= 11 is 6.48. The van der Waals surface area contributed by atoms with Crippen LogP contribution in [0.2, 0.25) is 5.02 Å². The summed E-state index contributed by atoms with van der Waals surface area (Å²) in [6.07, 6.45) is 0.326. The van der Waals surface area contributed by atoms with Crippen LogP contribution in [-0.4, -0.2) is 41.8 Å². The Morgan fingerprint density at radius 2 is 1.63 bits per heavy atom. The molecular weight excluding hydrogens is 498 g/mol. The number of halogens is 1. The number of carbonyl (C=O) groups is 3. The van der Waals surface area contributed by atoms with Crippen molar-refractivity contribution >= 4 is 45.8 Å². The Morgan fingerprint density at radius 1 is 0.921 bits per heavy atom. The van der Waals surface area contributed by atoms with Gasteiger partial charge < -0.3 is 10.2 Å². The van der Waals surface area contributed by atoms with E-state index >= 15 is 0 Å². The highest BCUT2D eigenvalue weighted by molar-refractivity contribution is 6.31. The van der Waals surface area contributed by atoms with E-state index in [0.29, 0.717) is 29.2 Å². The van der Waals surface area contributed by atoms with Crippen molar-refractivity contribution in [1.29, 1.82) is 0 Å². The number of hydrogen-bond donors (Lipinski definition) is 1. The number of nitrogens with one attached hydrogen (secondary N) is 1. The molecule has 1 N–H and O–H groups in total. The molecule has 38 heavy (non-hydrogen) atoms. The molecule has 0 spiro atoms. The fourth-order valence-electron chi connectivity index (χ4n) is 5.02. The predicted octanol–water partition coefficient (Wildman–Crippen LogP) is 5.23. The molecule has 0 saturated carbocycles. The molecule has 1 aliphatic heterocycles. The van der Waals surface area contributed by atoms with Crippen molar-refractivity contribution in [3.8, 4) is 0 Å². The van der Waals surface area contributed by atoms with Gasteiger partial charge in [0.15, 0.2) is 0 Å². The highest BCUT2D eigenvalue weighted by atomic mass is 35.5. The average molecular weight is 526 g/mol. The molecule has 0 aromatic heterocycles. The molecule has 0 unspecified atom stereocenters. The Kier molecular flexibility index (Phi) is 7.43. The predicted molar refractivity (Wildman–Crippen MR) is 150 cm³/mol. The van der Waals surface area contributed by atoms with Gasteiger partial charge >= 0.3 is 0 Å². The van der Waals surface area contributed by atoms with Crippen LogP contribution in [0.25, 0.3) is 10.8 Å². The van der Waals surface area contributed by atoms with Gasteiger partial charge in [0.1, 0.15) is 12.6 Å². The molecule has 0 bridgehead atoms. The lowest BCUT2D eigenvalue weighted by Gasteiger charge is -2.33. The van der Waals surface area contributed by atoms with Crippen LogP contribution in [0.1, 0.15) is 28.4 Å². The van der Waals surface area contributed by atoms with Gasteiger partial charge in [-0.15, -0.1) is 0 Å². The first-order chi connectivity index (χ1) is 18.5. The van der Waals surface area contributed by atoms with Crippen LogP contribution >= 0.6 is 11.6 Å². The van der Waals surface area contributed by atoms with Gasteiger partial charge in [0, 0.05) is 35.5 Å². The van der Waals surface area contributed by atoms with E-state index in [0.717, 1.165) is 21.9 Å². The maximum Gasteiger partial charge on any atom is 0.259 e. The first kappa shape index (κ1) is 25.5. The van der Waals surface area contributed by atoms with E-state index in [1.165, 1.54) is 4.90 Å². The summed E-state index contributed by atoms with van der Waals surface area (Å²) < 4.78 is 0. The summed E-state index contributed by atoms with van der Waals surface area (Å²) in [6, 6.07) is 27.4. The van der Waals surface area contributed by atoms with Crippen molar-refractivity contribution in [3.05, 3.63) is 113 Å². The monoisotopic (exact) mass is 525 g/mol. The molecule has 5 rings (SSSR count). The molecule has 1 atom stereocenters. The molecule has 0 aliphatic carbocycles. The molecule has 4 aromatic rings. The molecule has 0 radical (unpaired) electrons. The Balaban J connectivity index is 1.51. The van der Waals surface area contributed by atoms with Crippen molar-refractivity contribution < 1.29 is 14.4 Å². The van der Waals surface area contributed by atoms with Crippen molar-refractivity contribution in [3.63, 3.8) is 0 Å². The smallest absolute Gasteiger partial charge is 0.259 e. The summed E-state index contributed by atoms with van der Waals surface area (Å²) in [5.74, 6) is -0.814. The second-order valence-corrected chi connectivity index (χ2v) is 9.69. The lowest BCUT2D eigenvalue weighted by Crippen LogP contribution is -2.53. The van der Waals surface area contributed by atoms with Gasteiger partial charge in [-0.25, -0.2) is 0 Å². The minimum absolute atomic E-state index is 0.131. The van der Waals surface area contributed by atoms with E-state index in [-0.39, 0.29) is 30.8 Å². The number of anilines is 1. The number of hydrogen-bond acceptors (Lipinski definition) is 3. The fourth-order valence-corrected chi connectivity index (χ4v) is 5.21. The Labute approximate surface area is 226 Å². The normalized spacial score (nSPS) is 13.0. The van der Waals surface area contributed by atoms with Crippen molar-refractivity contribution in [2.75, 3.05) is 18.0 Å². The number of nitrogens with zero attached hydrogens (tertiary/aromatic N) is 2. The standard InChI is InChI=1S/C31H28ClN3O3/c1-2-33-30(37)27(18-21-10-4-3-5-11-21)34(19-23-12-6-7-16-25(23)32)28(36)20-35-26-17-9-14-22-13-8-15-24(29(22)26)31(35)38/h3-17,27H,2,18-20H2,1H3,(H,33,37)/t27-/m0/s1. The van der Waals surface area contributed by atoms with Crippen molar-refractivity contribution in [2.45, 2.75) is 25.9 Å². The fraction of sp³-hybridized carbons (Fsp3) is 0.194. The average Bonchev–Trinajstić information content (AvgIpc) is 3.20. The molecule has 4 aromatic carbocycles. The van der Waals surface area contributed by atoms with E-state index in [9.17, 15) is 14.4 Å². The number of benzene rings is 4. The summed E-state index contributed by atoms with van der Waals surface area (Å²) in [5.41, 5.74) is 2.93. The molecule has 3 amide bonds. The van der Waals surface area contributed by atoms with E-state index in [2.05, 4.69) is 5.32 Å². The highest BCUT2D eigenvalue weighted by Gasteiger charge is 2.35. The molecule has 6 nitrogen and oxygen atoms in total.